The van der Waals surface area contributed by atoms with Crippen LogP contribution in [0.2, 0.25) is 0 Å². The third-order valence-corrected chi connectivity index (χ3v) is 5.95. The van der Waals surface area contributed by atoms with Crippen molar-refractivity contribution in [2.75, 3.05) is 13.2 Å². The van der Waals surface area contributed by atoms with Crippen LogP contribution in [0.1, 0.15) is 57.9 Å². The number of carbonyl (C=O) groups is 1. The van der Waals surface area contributed by atoms with Crippen molar-refractivity contribution in [2.45, 2.75) is 77.1 Å². The summed E-state index contributed by atoms with van der Waals surface area (Å²) in [4.78, 5) is 14.8. The fraction of sp³-hybridized carbons (Fsp3) is 0.682. The molecule has 0 aromatic heterocycles. The van der Waals surface area contributed by atoms with E-state index in [9.17, 15) is 4.79 Å². The van der Waals surface area contributed by atoms with Crippen molar-refractivity contribution in [2.24, 2.45) is 5.92 Å². The van der Waals surface area contributed by atoms with E-state index >= 15 is 0 Å². The van der Waals surface area contributed by atoms with E-state index in [-0.39, 0.29) is 24.7 Å². The van der Waals surface area contributed by atoms with E-state index in [4.69, 9.17) is 4.74 Å². The summed E-state index contributed by atoms with van der Waals surface area (Å²) in [5, 5.41) is 3.19. The number of rotatable bonds is 6. The van der Waals surface area contributed by atoms with Crippen molar-refractivity contribution in [3.05, 3.63) is 35.9 Å². The summed E-state index contributed by atoms with van der Waals surface area (Å²) in [6, 6.07) is 11.4. The van der Waals surface area contributed by atoms with Gasteiger partial charge >= 0.3 is 0 Å². The lowest BCUT2D eigenvalue weighted by molar-refractivity contribution is -0.129. The first-order valence-corrected chi connectivity index (χ1v) is 10.3. The molecule has 144 valence electrons. The minimum absolute atomic E-state index is 0.0527. The van der Waals surface area contributed by atoms with Crippen molar-refractivity contribution < 1.29 is 9.53 Å². The van der Waals surface area contributed by atoms with Gasteiger partial charge in [0, 0.05) is 25.2 Å². The quantitative estimate of drug-likeness (QED) is 0.842. The molecule has 4 atom stereocenters. The van der Waals surface area contributed by atoms with Gasteiger partial charge in [0.2, 0.25) is 5.91 Å². The summed E-state index contributed by atoms with van der Waals surface area (Å²) < 4.78 is 5.86. The largest absolute Gasteiger partial charge is 0.368 e. The Hall–Kier alpha value is -1.39. The van der Waals surface area contributed by atoms with E-state index in [0.717, 1.165) is 44.7 Å². The smallest absolute Gasteiger partial charge is 0.246 e. The van der Waals surface area contributed by atoms with Gasteiger partial charge in [0.05, 0.1) is 6.10 Å². The number of hydrogen-bond donors (Lipinski definition) is 1. The van der Waals surface area contributed by atoms with Gasteiger partial charge < -0.3 is 10.1 Å². The SMILES string of the molecule is C[C@@H]1CCC[C@H](OCC(=O)N[C@@H]2CCN(Cc3ccccc3)[C@@H](C)C2)C1. The summed E-state index contributed by atoms with van der Waals surface area (Å²) in [7, 11) is 0. The normalized spacial score (nSPS) is 30.1. The Morgan fingerprint density at radius 1 is 1.15 bits per heavy atom. The van der Waals surface area contributed by atoms with E-state index in [2.05, 4.69) is 54.4 Å². The molecule has 26 heavy (non-hydrogen) atoms. The molecular formula is C22H34N2O2. The molecule has 1 saturated heterocycles. The fourth-order valence-electron chi connectivity index (χ4n) is 4.40. The number of carbonyl (C=O) groups excluding carboxylic acids is 1. The van der Waals surface area contributed by atoms with Gasteiger partial charge in [0.15, 0.2) is 0 Å². The highest BCUT2D eigenvalue weighted by Crippen LogP contribution is 2.25. The Morgan fingerprint density at radius 3 is 2.69 bits per heavy atom. The zero-order valence-electron chi connectivity index (χ0n) is 16.3. The second-order valence-electron chi connectivity index (χ2n) is 8.30. The Balaban J connectivity index is 1.37. The van der Waals surface area contributed by atoms with E-state index in [1.54, 1.807) is 0 Å². The van der Waals surface area contributed by atoms with E-state index in [0.29, 0.717) is 6.04 Å². The molecule has 1 aliphatic carbocycles. The minimum atomic E-state index is 0.0527. The second kappa shape index (κ2) is 9.52. The van der Waals surface area contributed by atoms with Crippen LogP contribution in [0.3, 0.4) is 0 Å². The summed E-state index contributed by atoms with van der Waals surface area (Å²) in [5.74, 6) is 0.781. The van der Waals surface area contributed by atoms with E-state index in [1.807, 2.05) is 0 Å². The van der Waals surface area contributed by atoms with Crippen LogP contribution in [0.25, 0.3) is 0 Å². The molecule has 1 aromatic carbocycles. The lowest BCUT2D eigenvalue weighted by atomic mass is 9.89. The van der Waals surface area contributed by atoms with Crippen LogP contribution < -0.4 is 5.32 Å². The Labute approximate surface area is 158 Å². The minimum Gasteiger partial charge on any atom is -0.368 e. The molecule has 0 spiro atoms. The van der Waals surface area contributed by atoms with Gasteiger partial charge in [0.1, 0.15) is 6.61 Å². The molecule has 2 aliphatic rings. The highest BCUT2D eigenvalue weighted by Gasteiger charge is 2.27. The number of hydrogen-bond acceptors (Lipinski definition) is 3. The first-order valence-electron chi connectivity index (χ1n) is 10.3. The lowest BCUT2D eigenvalue weighted by Crippen LogP contribution is -2.49. The van der Waals surface area contributed by atoms with Crippen LogP contribution in [0.4, 0.5) is 0 Å². The lowest BCUT2D eigenvalue weighted by Gasteiger charge is -2.38. The van der Waals surface area contributed by atoms with Crippen LogP contribution in [0, 0.1) is 5.92 Å². The molecule has 0 radical (unpaired) electrons. The standard InChI is InChI=1S/C22H34N2O2/c1-17-7-6-10-21(13-17)26-16-22(25)23-20-11-12-24(18(2)14-20)15-19-8-4-3-5-9-19/h3-5,8-9,17-18,20-21H,6-7,10-16H2,1-2H3,(H,23,25)/t17-,18+,20-,21+/m1/s1. The molecule has 1 aromatic rings. The van der Waals surface area contributed by atoms with Crippen LogP contribution in [0.5, 0.6) is 0 Å². The number of likely N-dealkylation sites (tertiary alicyclic amines) is 1. The molecule has 2 fully saturated rings. The zero-order chi connectivity index (χ0) is 18.4. The van der Waals surface area contributed by atoms with Crippen LogP contribution >= 0.6 is 0 Å². The van der Waals surface area contributed by atoms with Crippen LogP contribution in [0.15, 0.2) is 30.3 Å². The highest BCUT2D eigenvalue weighted by atomic mass is 16.5. The Kier molecular flexibility index (Phi) is 7.09. The average Bonchev–Trinajstić information content (AvgIpc) is 2.63. The number of amides is 1. The third kappa shape index (κ3) is 5.82. The molecule has 1 heterocycles. The predicted octanol–water partition coefficient (Wildman–Crippen LogP) is 3.75. The van der Waals surface area contributed by atoms with Crippen molar-refractivity contribution in [1.82, 2.24) is 10.2 Å². The molecule has 1 amide bonds. The molecule has 1 aliphatic heterocycles. The zero-order valence-corrected chi connectivity index (χ0v) is 16.3. The molecule has 0 unspecified atom stereocenters. The topological polar surface area (TPSA) is 41.6 Å². The fourth-order valence-corrected chi connectivity index (χ4v) is 4.40. The number of piperidine rings is 1. The first kappa shape index (κ1) is 19.4. The van der Waals surface area contributed by atoms with Crippen LogP contribution in [-0.2, 0) is 16.1 Å². The summed E-state index contributed by atoms with van der Waals surface area (Å²) in [5.41, 5.74) is 1.36. The van der Waals surface area contributed by atoms with Gasteiger partial charge in [-0.25, -0.2) is 0 Å². The van der Waals surface area contributed by atoms with Gasteiger partial charge in [0.25, 0.3) is 0 Å². The number of ether oxygens (including phenoxy) is 1. The Morgan fingerprint density at radius 2 is 1.96 bits per heavy atom. The maximum atomic E-state index is 12.3. The maximum Gasteiger partial charge on any atom is 0.246 e. The predicted molar refractivity (Wildman–Crippen MR) is 105 cm³/mol. The number of nitrogens with one attached hydrogen (secondary N) is 1. The van der Waals surface area contributed by atoms with E-state index in [1.165, 1.54) is 18.4 Å². The first-order chi connectivity index (χ1) is 12.6. The van der Waals surface area contributed by atoms with Gasteiger partial charge in [-0.15, -0.1) is 0 Å². The summed E-state index contributed by atoms with van der Waals surface area (Å²) in [6.07, 6.45) is 7.03. The van der Waals surface area contributed by atoms with Crippen molar-refractivity contribution in [1.29, 1.82) is 0 Å². The number of benzene rings is 1. The molecule has 1 saturated carbocycles. The monoisotopic (exact) mass is 358 g/mol. The van der Waals surface area contributed by atoms with Crippen molar-refractivity contribution >= 4 is 5.91 Å². The van der Waals surface area contributed by atoms with E-state index < -0.39 is 0 Å². The molecule has 3 rings (SSSR count). The Bertz CT molecular complexity index is 563. The highest BCUT2D eigenvalue weighted by molar-refractivity contribution is 5.77. The second-order valence-corrected chi connectivity index (χ2v) is 8.30. The molecule has 0 bridgehead atoms. The number of nitrogens with zero attached hydrogens (tertiary/aromatic N) is 1. The molecule has 1 N–H and O–H groups in total. The van der Waals surface area contributed by atoms with Gasteiger partial charge in [-0.2, -0.15) is 0 Å². The van der Waals surface area contributed by atoms with Gasteiger partial charge in [-0.05, 0) is 44.1 Å². The third-order valence-electron chi connectivity index (χ3n) is 5.95. The van der Waals surface area contributed by atoms with Crippen LogP contribution in [-0.4, -0.2) is 42.1 Å². The summed E-state index contributed by atoms with van der Waals surface area (Å²) in [6.45, 7) is 6.78. The maximum absolute atomic E-state index is 12.3. The van der Waals surface area contributed by atoms with Crippen molar-refractivity contribution in [3.63, 3.8) is 0 Å². The molecule has 4 nitrogen and oxygen atoms in total. The van der Waals surface area contributed by atoms with Crippen molar-refractivity contribution in [3.8, 4) is 0 Å². The molecular weight excluding hydrogens is 324 g/mol. The summed E-state index contributed by atoms with van der Waals surface area (Å²) >= 11 is 0. The van der Waals surface area contributed by atoms with Gasteiger partial charge in [-0.1, -0.05) is 50.1 Å². The molecule has 4 heteroatoms. The average molecular weight is 359 g/mol. The van der Waals surface area contributed by atoms with Gasteiger partial charge in [-0.3, -0.25) is 9.69 Å².